The molecule has 0 unspecified atom stereocenters. The summed E-state index contributed by atoms with van der Waals surface area (Å²) in [5.74, 6) is -1.19. The van der Waals surface area contributed by atoms with Crippen LogP contribution in [0.3, 0.4) is 0 Å². The molecule has 10 heteroatoms. The van der Waals surface area contributed by atoms with Crippen molar-refractivity contribution in [2.45, 2.75) is 30.5 Å². The highest BCUT2D eigenvalue weighted by atomic mass is 32.2. The lowest BCUT2D eigenvalue weighted by Crippen LogP contribution is -2.36. The predicted octanol–water partition coefficient (Wildman–Crippen LogP) is 4.01. The molecule has 1 aliphatic heterocycles. The smallest absolute Gasteiger partial charge is 0.404 e. The van der Waals surface area contributed by atoms with E-state index < -0.39 is 27.0 Å². The van der Waals surface area contributed by atoms with Gasteiger partial charge in [-0.2, -0.15) is 0 Å². The normalized spacial score (nSPS) is 15.1. The maximum atomic E-state index is 12.8. The fourth-order valence-electron chi connectivity index (χ4n) is 3.11. The summed E-state index contributed by atoms with van der Waals surface area (Å²) >= 11 is 0. The molecule has 3 rings (SSSR count). The fourth-order valence-corrected chi connectivity index (χ4v) is 4.32. The number of sulfonamides is 1. The highest BCUT2D eigenvalue weighted by Gasteiger charge is 2.34. The number of nitrogens with zero attached hydrogens (tertiary/aromatic N) is 1. The molecule has 1 fully saturated rings. The van der Waals surface area contributed by atoms with Crippen LogP contribution in [0, 0.1) is 0 Å². The maximum Gasteiger partial charge on any atom is 0.573 e. The molecule has 1 amide bonds. The van der Waals surface area contributed by atoms with Crippen LogP contribution in [-0.2, 0) is 10.0 Å². The molecular formula is C19H19F3N2O4S. The minimum absolute atomic E-state index is 0.00937. The maximum absolute atomic E-state index is 12.8. The lowest BCUT2D eigenvalue weighted by molar-refractivity contribution is -0.275. The number of amides is 1. The summed E-state index contributed by atoms with van der Waals surface area (Å²) in [5, 5.41) is 0. The molecule has 0 spiro atoms. The van der Waals surface area contributed by atoms with Crippen LogP contribution in [0.4, 0.5) is 18.9 Å². The molecule has 6 nitrogen and oxygen atoms in total. The second-order valence-electron chi connectivity index (χ2n) is 6.50. The molecule has 1 saturated heterocycles. The van der Waals surface area contributed by atoms with Crippen molar-refractivity contribution in [2.75, 3.05) is 17.8 Å². The summed E-state index contributed by atoms with van der Waals surface area (Å²) in [6, 6.07) is 10.4. The average molecular weight is 428 g/mol. The van der Waals surface area contributed by atoms with Crippen LogP contribution < -0.4 is 9.46 Å². The van der Waals surface area contributed by atoms with Gasteiger partial charge in [0, 0.05) is 13.1 Å². The Balaban J connectivity index is 1.92. The highest BCUT2D eigenvalue weighted by molar-refractivity contribution is 7.92. The molecule has 1 aliphatic rings. The van der Waals surface area contributed by atoms with Gasteiger partial charge in [0.25, 0.3) is 15.9 Å². The van der Waals surface area contributed by atoms with Crippen LogP contribution in [0.2, 0.25) is 0 Å². The van der Waals surface area contributed by atoms with Crippen LogP contribution in [-0.4, -0.2) is 38.7 Å². The molecular weight excluding hydrogens is 409 g/mol. The number of likely N-dealkylation sites (tertiary alicyclic amines) is 1. The average Bonchev–Trinajstić information content (AvgIpc) is 2.67. The van der Waals surface area contributed by atoms with E-state index in [1.54, 1.807) is 11.0 Å². The Kier molecular flexibility index (Phi) is 6.02. The topological polar surface area (TPSA) is 75.7 Å². The van der Waals surface area contributed by atoms with Gasteiger partial charge >= 0.3 is 6.36 Å². The van der Waals surface area contributed by atoms with Gasteiger partial charge < -0.3 is 9.64 Å². The lowest BCUT2D eigenvalue weighted by Gasteiger charge is -2.27. The largest absolute Gasteiger partial charge is 0.573 e. The van der Waals surface area contributed by atoms with E-state index in [0.717, 1.165) is 31.4 Å². The number of hydrogen-bond acceptors (Lipinski definition) is 4. The number of anilines is 1. The summed E-state index contributed by atoms with van der Waals surface area (Å²) in [6.45, 7) is 1.14. The first-order valence-corrected chi connectivity index (χ1v) is 10.4. The predicted molar refractivity (Wildman–Crippen MR) is 100 cm³/mol. The summed E-state index contributed by atoms with van der Waals surface area (Å²) in [5.41, 5.74) is 0.122. The first-order valence-electron chi connectivity index (χ1n) is 8.93. The van der Waals surface area contributed by atoms with E-state index in [0.29, 0.717) is 13.1 Å². The van der Waals surface area contributed by atoms with Gasteiger partial charge in [0.1, 0.15) is 10.6 Å². The molecule has 1 N–H and O–H groups in total. The number of ether oxygens (including phenoxy) is 1. The summed E-state index contributed by atoms with van der Waals surface area (Å²) in [4.78, 5) is 13.8. The lowest BCUT2D eigenvalue weighted by atomic mass is 10.1. The SMILES string of the molecule is O=C(c1ccccc1NS(=O)(=O)c1ccccc1OC(F)(F)F)N1CCCCC1. The van der Waals surface area contributed by atoms with Crippen molar-refractivity contribution in [3.8, 4) is 5.75 Å². The number of hydrogen-bond donors (Lipinski definition) is 1. The van der Waals surface area contributed by atoms with Crippen molar-refractivity contribution in [3.05, 3.63) is 54.1 Å². The quantitative estimate of drug-likeness (QED) is 0.781. The van der Waals surface area contributed by atoms with Gasteiger partial charge in [0.05, 0.1) is 11.3 Å². The monoisotopic (exact) mass is 428 g/mol. The van der Waals surface area contributed by atoms with Crippen molar-refractivity contribution < 1.29 is 31.1 Å². The van der Waals surface area contributed by atoms with Gasteiger partial charge in [-0.25, -0.2) is 8.42 Å². The molecule has 156 valence electrons. The number of halogens is 3. The Bertz CT molecular complexity index is 987. The fraction of sp³-hybridized carbons (Fsp3) is 0.316. The van der Waals surface area contributed by atoms with Gasteiger partial charge in [-0.15, -0.1) is 13.2 Å². The molecule has 1 heterocycles. The number of piperidine rings is 1. The van der Waals surface area contributed by atoms with Crippen molar-refractivity contribution in [2.24, 2.45) is 0 Å². The molecule has 0 radical (unpaired) electrons. The number of carbonyl (C=O) groups excluding carboxylic acids is 1. The van der Waals surface area contributed by atoms with Crippen LogP contribution in [0.5, 0.6) is 5.75 Å². The summed E-state index contributed by atoms with van der Waals surface area (Å²) < 4.78 is 69.5. The molecule has 0 saturated carbocycles. The zero-order valence-electron chi connectivity index (χ0n) is 15.3. The van der Waals surface area contributed by atoms with Crippen LogP contribution >= 0.6 is 0 Å². The van der Waals surface area contributed by atoms with E-state index in [2.05, 4.69) is 9.46 Å². The van der Waals surface area contributed by atoms with Crippen LogP contribution in [0.25, 0.3) is 0 Å². The molecule has 2 aromatic rings. The second kappa shape index (κ2) is 8.32. The molecule has 0 aromatic heterocycles. The third kappa shape index (κ3) is 5.20. The van der Waals surface area contributed by atoms with Gasteiger partial charge in [-0.1, -0.05) is 24.3 Å². The molecule has 0 atom stereocenters. The minimum Gasteiger partial charge on any atom is -0.404 e. The highest BCUT2D eigenvalue weighted by Crippen LogP contribution is 2.31. The summed E-state index contributed by atoms with van der Waals surface area (Å²) in [6.07, 6.45) is -2.30. The van der Waals surface area contributed by atoms with Crippen LogP contribution in [0.1, 0.15) is 29.6 Å². The summed E-state index contributed by atoms with van der Waals surface area (Å²) in [7, 11) is -4.45. The van der Waals surface area contributed by atoms with E-state index in [1.807, 2.05) is 0 Å². The van der Waals surface area contributed by atoms with Crippen molar-refractivity contribution in [1.29, 1.82) is 0 Å². The van der Waals surface area contributed by atoms with E-state index in [-0.39, 0.29) is 17.2 Å². The Morgan fingerprint density at radius 3 is 2.28 bits per heavy atom. The molecule has 2 aromatic carbocycles. The Morgan fingerprint density at radius 2 is 1.59 bits per heavy atom. The number of benzene rings is 2. The van der Waals surface area contributed by atoms with Gasteiger partial charge in [0.2, 0.25) is 0 Å². The van der Waals surface area contributed by atoms with Crippen molar-refractivity contribution in [1.82, 2.24) is 4.90 Å². The number of rotatable bonds is 5. The Morgan fingerprint density at radius 1 is 0.966 bits per heavy atom. The molecule has 29 heavy (non-hydrogen) atoms. The third-order valence-corrected chi connectivity index (χ3v) is 5.81. The Labute approximate surface area is 166 Å². The number of carbonyl (C=O) groups is 1. The van der Waals surface area contributed by atoms with E-state index in [4.69, 9.17) is 0 Å². The first-order chi connectivity index (χ1) is 13.7. The molecule has 0 aliphatic carbocycles. The van der Waals surface area contributed by atoms with Crippen LogP contribution in [0.15, 0.2) is 53.4 Å². The number of para-hydroxylation sites is 2. The van der Waals surface area contributed by atoms with Gasteiger partial charge in [-0.3, -0.25) is 9.52 Å². The zero-order valence-corrected chi connectivity index (χ0v) is 16.1. The van der Waals surface area contributed by atoms with E-state index >= 15 is 0 Å². The van der Waals surface area contributed by atoms with Gasteiger partial charge in [0.15, 0.2) is 0 Å². The molecule has 0 bridgehead atoms. The van der Waals surface area contributed by atoms with Crippen molar-refractivity contribution >= 4 is 21.6 Å². The third-order valence-electron chi connectivity index (χ3n) is 4.41. The standard InChI is InChI=1S/C19H19F3N2O4S/c20-19(21,22)28-16-10-4-5-11-17(16)29(26,27)23-15-9-3-2-8-14(15)18(25)24-12-6-1-7-13-24/h2-5,8-11,23H,1,6-7,12-13H2. The van der Waals surface area contributed by atoms with Gasteiger partial charge in [-0.05, 0) is 43.5 Å². The zero-order chi connectivity index (χ0) is 21.1. The van der Waals surface area contributed by atoms with E-state index in [9.17, 15) is 26.4 Å². The number of nitrogens with one attached hydrogen (secondary N) is 1. The second-order valence-corrected chi connectivity index (χ2v) is 8.15. The minimum atomic E-state index is -5.05. The van der Waals surface area contributed by atoms with Crippen molar-refractivity contribution in [3.63, 3.8) is 0 Å². The first kappa shape index (κ1) is 21.0. The Hall–Kier alpha value is -2.75. The number of alkyl halides is 3. The van der Waals surface area contributed by atoms with E-state index in [1.165, 1.54) is 30.3 Å².